The molecule has 0 atom stereocenters. The third kappa shape index (κ3) is 2.95. The van der Waals surface area contributed by atoms with Gasteiger partial charge in [0, 0.05) is 28.5 Å². The van der Waals surface area contributed by atoms with Crippen LogP contribution in [-0.2, 0) is 0 Å². The van der Waals surface area contributed by atoms with Gasteiger partial charge >= 0.3 is 0 Å². The molecule has 0 saturated heterocycles. The van der Waals surface area contributed by atoms with Gasteiger partial charge in [0.05, 0.1) is 5.02 Å². The zero-order chi connectivity index (χ0) is 18.4. The Morgan fingerprint density at radius 2 is 1.67 bits per heavy atom. The van der Waals surface area contributed by atoms with E-state index in [2.05, 4.69) is 5.32 Å². The number of hydrogen-bond donors (Lipinski definition) is 1. The Balaban J connectivity index is 1.65. The van der Waals surface area contributed by atoms with E-state index >= 15 is 0 Å². The second kappa shape index (κ2) is 6.37. The van der Waals surface area contributed by atoms with Gasteiger partial charge in [0.15, 0.2) is 11.5 Å². The first-order valence-electron chi connectivity index (χ1n) is 8.27. The number of imidazole rings is 1. The highest BCUT2D eigenvalue weighted by molar-refractivity contribution is 6.30. The SMILES string of the molecule is Clc1ccc(-c2nc3ccc(Cl)cn3c2Nc2ccc3c(c2)OCO3)cc1. The first-order chi connectivity index (χ1) is 13.2. The van der Waals surface area contributed by atoms with Crippen molar-refractivity contribution in [1.82, 2.24) is 9.38 Å². The van der Waals surface area contributed by atoms with Gasteiger partial charge in [-0.1, -0.05) is 35.3 Å². The predicted octanol–water partition coefficient (Wildman–Crippen LogP) is 5.78. The van der Waals surface area contributed by atoms with Crippen molar-refractivity contribution in [2.75, 3.05) is 12.1 Å². The van der Waals surface area contributed by atoms with Crippen molar-refractivity contribution in [2.45, 2.75) is 0 Å². The lowest BCUT2D eigenvalue weighted by Gasteiger charge is -2.10. The van der Waals surface area contributed by atoms with E-state index in [1.165, 1.54) is 0 Å². The van der Waals surface area contributed by atoms with Crippen molar-refractivity contribution in [3.05, 3.63) is 70.8 Å². The number of halogens is 2. The summed E-state index contributed by atoms with van der Waals surface area (Å²) in [5.41, 5.74) is 3.39. The number of aromatic nitrogens is 2. The number of nitrogens with zero attached hydrogens (tertiary/aromatic N) is 2. The highest BCUT2D eigenvalue weighted by Crippen LogP contribution is 2.37. The smallest absolute Gasteiger partial charge is 0.231 e. The number of anilines is 2. The highest BCUT2D eigenvalue weighted by atomic mass is 35.5. The summed E-state index contributed by atoms with van der Waals surface area (Å²) in [5, 5.41) is 4.74. The number of nitrogens with one attached hydrogen (secondary N) is 1. The minimum Gasteiger partial charge on any atom is -0.454 e. The lowest BCUT2D eigenvalue weighted by atomic mass is 10.1. The van der Waals surface area contributed by atoms with Gasteiger partial charge < -0.3 is 14.8 Å². The normalized spacial score (nSPS) is 12.5. The molecule has 4 aromatic rings. The van der Waals surface area contributed by atoms with Gasteiger partial charge in [0.2, 0.25) is 6.79 Å². The number of pyridine rings is 1. The summed E-state index contributed by atoms with van der Waals surface area (Å²) >= 11 is 12.3. The Kier molecular flexibility index (Phi) is 3.85. The van der Waals surface area contributed by atoms with Crippen molar-refractivity contribution in [1.29, 1.82) is 0 Å². The molecule has 1 aliphatic rings. The average Bonchev–Trinajstić information content (AvgIpc) is 3.27. The summed E-state index contributed by atoms with van der Waals surface area (Å²) in [5.74, 6) is 2.24. The van der Waals surface area contributed by atoms with Gasteiger partial charge in [0.1, 0.15) is 17.2 Å². The molecule has 1 N–H and O–H groups in total. The fourth-order valence-corrected chi connectivity index (χ4v) is 3.34. The molecule has 0 fully saturated rings. The number of rotatable bonds is 3. The molecule has 0 unspecified atom stereocenters. The zero-order valence-electron chi connectivity index (χ0n) is 13.9. The summed E-state index contributed by atoms with van der Waals surface area (Å²) in [6, 6.07) is 17.0. The summed E-state index contributed by atoms with van der Waals surface area (Å²) in [7, 11) is 0. The zero-order valence-corrected chi connectivity index (χ0v) is 15.5. The van der Waals surface area contributed by atoms with Crippen LogP contribution in [0.3, 0.4) is 0 Å². The number of hydrogen-bond acceptors (Lipinski definition) is 4. The van der Waals surface area contributed by atoms with Crippen LogP contribution >= 0.6 is 23.2 Å². The van der Waals surface area contributed by atoms with Crippen LogP contribution in [0, 0.1) is 0 Å². The molecule has 7 heteroatoms. The van der Waals surface area contributed by atoms with E-state index in [-0.39, 0.29) is 6.79 Å². The van der Waals surface area contributed by atoms with Crippen molar-refractivity contribution >= 4 is 40.4 Å². The van der Waals surface area contributed by atoms with E-state index in [0.29, 0.717) is 15.8 Å². The topological polar surface area (TPSA) is 47.8 Å². The minimum atomic E-state index is 0.236. The minimum absolute atomic E-state index is 0.236. The van der Waals surface area contributed by atoms with Crippen LogP contribution in [0.1, 0.15) is 0 Å². The molecule has 0 saturated carbocycles. The average molecular weight is 398 g/mol. The Bertz CT molecular complexity index is 1160. The van der Waals surface area contributed by atoms with Crippen LogP contribution in [0.2, 0.25) is 10.0 Å². The lowest BCUT2D eigenvalue weighted by molar-refractivity contribution is 0.174. The number of benzene rings is 2. The predicted molar refractivity (Wildman–Crippen MR) is 106 cm³/mol. The van der Waals surface area contributed by atoms with Crippen LogP contribution in [0.5, 0.6) is 11.5 Å². The van der Waals surface area contributed by atoms with Crippen LogP contribution in [-0.4, -0.2) is 16.2 Å². The van der Waals surface area contributed by atoms with E-state index in [1.54, 1.807) is 0 Å². The molecular formula is C20H13Cl2N3O2. The lowest BCUT2D eigenvalue weighted by Crippen LogP contribution is -1.97. The van der Waals surface area contributed by atoms with Crippen LogP contribution in [0.4, 0.5) is 11.5 Å². The molecule has 1 aliphatic heterocycles. The molecule has 5 nitrogen and oxygen atoms in total. The molecule has 0 spiro atoms. The molecule has 0 aliphatic carbocycles. The summed E-state index contributed by atoms with van der Waals surface area (Å²) < 4.78 is 12.8. The molecule has 5 rings (SSSR count). The van der Waals surface area contributed by atoms with Crippen LogP contribution in [0.25, 0.3) is 16.9 Å². The fourth-order valence-electron chi connectivity index (χ4n) is 3.06. The second-order valence-electron chi connectivity index (χ2n) is 6.08. The van der Waals surface area contributed by atoms with Crippen molar-refractivity contribution in [3.8, 4) is 22.8 Å². The number of fused-ring (bicyclic) bond motifs is 2. The molecular weight excluding hydrogens is 385 g/mol. The second-order valence-corrected chi connectivity index (χ2v) is 6.96. The Morgan fingerprint density at radius 3 is 2.52 bits per heavy atom. The van der Waals surface area contributed by atoms with E-state index in [0.717, 1.165) is 34.2 Å². The third-order valence-electron chi connectivity index (χ3n) is 4.34. The summed E-state index contributed by atoms with van der Waals surface area (Å²) in [4.78, 5) is 4.77. The monoisotopic (exact) mass is 397 g/mol. The van der Waals surface area contributed by atoms with E-state index in [1.807, 2.05) is 65.2 Å². The summed E-state index contributed by atoms with van der Waals surface area (Å²) in [6.07, 6.45) is 1.83. The first-order valence-corrected chi connectivity index (χ1v) is 9.03. The van der Waals surface area contributed by atoms with Gasteiger partial charge in [-0.15, -0.1) is 0 Å². The molecule has 0 amide bonds. The largest absolute Gasteiger partial charge is 0.454 e. The third-order valence-corrected chi connectivity index (χ3v) is 4.81. The van der Waals surface area contributed by atoms with E-state index in [9.17, 15) is 0 Å². The Labute approximate surface area is 165 Å². The van der Waals surface area contributed by atoms with E-state index in [4.69, 9.17) is 37.7 Å². The molecule has 3 heterocycles. The van der Waals surface area contributed by atoms with Crippen molar-refractivity contribution < 1.29 is 9.47 Å². The summed E-state index contributed by atoms with van der Waals surface area (Å²) in [6.45, 7) is 0.236. The Morgan fingerprint density at radius 1 is 0.889 bits per heavy atom. The number of ether oxygens (including phenoxy) is 2. The Hall–Kier alpha value is -2.89. The van der Waals surface area contributed by atoms with Crippen LogP contribution in [0.15, 0.2) is 60.8 Å². The fraction of sp³-hybridized carbons (Fsp3) is 0.0500. The highest BCUT2D eigenvalue weighted by Gasteiger charge is 2.17. The molecule has 0 bridgehead atoms. The van der Waals surface area contributed by atoms with Gasteiger partial charge in [-0.2, -0.15) is 0 Å². The van der Waals surface area contributed by atoms with Crippen molar-refractivity contribution in [3.63, 3.8) is 0 Å². The molecule has 2 aromatic carbocycles. The molecule has 134 valence electrons. The van der Waals surface area contributed by atoms with Gasteiger partial charge in [-0.05, 0) is 36.4 Å². The molecule has 0 radical (unpaired) electrons. The quantitative estimate of drug-likeness (QED) is 0.475. The maximum Gasteiger partial charge on any atom is 0.231 e. The first kappa shape index (κ1) is 16.3. The molecule has 27 heavy (non-hydrogen) atoms. The van der Waals surface area contributed by atoms with Gasteiger partial charge in [-0.25, -0.2) is 4.98 Å². The standard InChI is InChI=1S/C20H13Cl2N3O2/c21-13-3-1-12(2-4-13)19-20(25-10-14(22)5-8-18(25)24-19)23-15-6-7-16-17(9-15)27-11-26-16/h1-10,23H,11H2. The van der Waals surface area contributed by atoms with E-state index < -0.39 is 0 Å². The van der Waals surface area contributed by atoms with Gasteiger partial charge in [0.25, 0.3) is 0 Å². The van der Waals surface area contributed by atoms with Crippen LogP contribution < -0.4 is 14.8 Å². The maximum absolute atomic E-state index is 6.22. The maximum atomic E-state index is 6.22. The van der Waals surface area contributed by atoms with Crippen molar-refractivity contribution in [2.24, 2.45) is 0 Å². The van der Waals surface area contributed by atoms with Gasteiger partial charge in [-0.3, -0.25) is 4.40 Å². The molecule has 2 aromatic heterocycles.